The van der Waals surface area contributed by atoms with Crippen LogP contribution in [-0.4, -0.2) is 53.9 Å². The third-order valence-corrected chi connectivity index (χ3v) is 5.37. The van der Waals surface area contributed by atoms with Crippen LogP contribution >= 0.6 is 0 Å². The molecule has 2 rings (SSSR count). The van der Waals surface area contributed by atoms with E-state index in [0.29, 0.717) is 13.1 Å². The van der Waals surface area contributed by atoms with Crippen molar-refractivity contribution in [2.45, 2.75) is 78.7 Å². The normalized spacial score (nSPS) is 17.5. The highest BCUT2D eigenvalue weighted by Gasteiger charge is 2.51. The molecule has 166 valence electrons. The van der Waals surface area contributed by atoms with Crippen LogP contribution in [-0.2, 0) is 25.4 Å². The summed E-state index contributed by atoms with van der Waals surface area (Å²) >= 11 is 0. The fourth-order valence-corrected chi connectivity index (χ4v) is 2.99. The third-order valence-electron chi connectivity index (χ3n) is 5.37. The van der Waals surface area contributed by atoms with E-state index in [9.17, 15) is 9.59 Å². The number of hydrogen-bond acceptors (Lipinski definition) is 5. The van der Waals surface area contributed by atoms with E-state index < -0.39 is 30.0 Å². The molecule has 0 unspecified atom stereocenters. The zero-order valence-corrected chi connectivity index (χ0v) is 19.5. The monoisotopic (exact) mass is 418 g/mol. The predicted molar refractivity (Wildman–Crippen MR) is 117 cm³/mol. The topological polar surface area (TPSA) is 77.1 Å². The summed E-state index contributed by atoms with van der Waals surface area (Å²) in [7, 11) is -0.449. The molecule has 0 radical (unpaired) electrons. The number of ether oxygens (including phenoxy) is 1. The minimum atomic E-state index is -0.606. The molecule has 1 aliphatic heterocycles. The minimum Gasteiger partial charge on any atom is -0.444 e. The maximum atomic E-state index is 12.6. The number of benzene rings is 1. The van der Waals surface area contributed by atoms with Crippen LogP contribution < -0.4 is 10.8 Å². The molecular weight excluding hydrogens is 383 g/mol. The second-order valence-electron chi connectivity index (χ2n) is 9.60. The number of carbonyl (C=O) groups is 2. The first-order chi connectivity index (χ1) is 13.7. The molecular formula is C22H35BN2O5. The summed E-state index contributed by atoms with van der Waals surface area (Å²) in [5.74, 6) is -0.176. The molecule has 30 heavy (non-hydrogen) atoms. The highest BCUT2D eigenvalue weighted by Crippen LogP contribution is 2.36. The first kappa shape index (κ1) is 24.2. The van der Waals surface area contributed by atoms with Crippen LogP contribution in [0.1, 0.15) is 61.0 Å². The number of nitrogens with zero attached hydrogens (tertiary/aromatic N) is 1. The van der Waals surface area contributed by atoms with Crippen molar-refractivity contribution in [2.75, 3.05) is 13.1 Å². The predicted octanol–water partition coefficient (Wildman–Crippen LogP) is 2.86. The lowest BCUT2D eigenvalue weighted by Gasteiger charge is -2.32. The van der Waals surface area contributed by atoms with Gasteiger partial charge in [-0.2, -0.15) is 0 Å². The molecule has 8 heteroatoms. The summed E-state index contributed by atoms with van der Waals surface area (Å²) in [4.78, 5) is 26.0. The van der Waals surface area contributed by atoms with Gasteiger partial charge in [0.1, 0.15) is 12.1 Å². The number of carbonyl (C=O) groups excluding carboxylic acids is 2. The maximum Gasteiger partial charge on any atom is 0.494 e. The van der Waals surface area contributed by atoms with E-state index >= 15 is 0 Å². The summed E-state index contributed by atoms with van der Waals surface area (Å²) in [6, 6.07) is 7.87. The molecule has 1 N–H and O–H groups in total. The van der Waals surface area contributed by atoms with E-state index in [-0.39, 0.29) is 12.5 Å². The quantitative estimate of drug-likeness (QED) is 0.719. The largest absolute Gasteiger partial charge is 0.494 e. The van der Waals surface area contributed by atoms with Gasteiger partial charge in [0.05, 0.1) is 11.2 Å². The van der Waals surface area contributed by atoms with Crippen molar-refractivity contribution in [3.8, 4) is 0 Å². The molecule has 1 heterocycles. The molecule has 0 saturated carbocycles. The van der Waals surface area contributed by atoms with Crippen molar-refractivity contribution in [1.82, 2.24) is 10.2 Å². The van der Waals surface area contributed by atoms with Gasteiger partial charge in [0.2, 0.25) is 5.91 Å². The number of rotatable bonds is 6. The van der Waals surface area contributed by atoms with Crippen LogP contribution in [0.3, 0.4) is 0 Å². The van der Waals surface area contributed by atoms with Gasteiger partial charge in [-0.15, -0.1) is 0 Å². The SMILES string of the molecule is CCN(Cc1cccc(B2OC(C)(C)C(C)(C)O2)c1)C(=O)CNC(=O)OC(C)(C)C. The molecule has 1 aliphatic rings. The van der Waals surface area contributed by atoms with Gasteiger partial charge < -0.3 is 24.3 Å². The van der Waals surface area contributed by atoms with Crippen LogP contribution in [0, 0.1) is 0 Å². The molecule has 0 bridgehead atoms. The summed E-state index contributed by atoms with van der Waals surface area (Å²) < 4.78 is 17.4. The third kappa shape index (κ3) is 6.22. The number of amides is 2. The fraction of sp³-hybridized carbons (Fsp3) is 0.636. The molecule has 1 aromatic rings. The van der Waals surface area contributed by atoms with Crippen molar-refractivity contribution in [1.29, 1.82) is 0 Å². The van der Waals surface area contributed by atoms with Gasteiger partial charge in [-0.3, -0.25) is 4.79 Å². The van der Waals surface area contributed by atoms with Crippen molar-refractivity contribution in [2.24, 2.45) is 0 Å². The standard InChI is InChI=1S/C22H35BN2O5/c1-9-25(18(26)14-24-19(27)28-20(2,3)4)15-16-11-10-12-17(13-16)23-29-21(5,6)22(7,8)30-23/h10-13H,9,14-15H2,1-8H3,(H,24,27). The molecule has 0 spiro atoms. The average Bonchev–Trinajstić information content (AvgIpc) is 2.84. The molecule has 2 amide bonds. The van der Waals surface area contributed by atoms with E-state index in [1.165, 1.54) is 0 Å². The Morgan fingerprint density at radius 3 is 2.27 bits per heavy atom. The minimum absolute atomic E-state index is 0.111. The Bertz CT molecular complexity index is 757. The summed E-state index contributed by atoms with van der Waals surface area (Å²) in [6.07, 6.45) is -0.602. The second-order valence-corrected chi connectivity index (χ2v) is 9.60. The lowest BCUT2D eigenvalue weighted by molar-refractivity contribution is -0.130. The first-order valence-electron chi connectivity index (χ1n) is 10.4. The average molecular weight is 418 g/mol. The molecule has 0 atom stereocenters. The van der Waals surface area contributed by atoms with E-state index in [2.05, 4.69) is 5.32 Å². The van der Waals surface area contributed by atoms with Gasteiger partial charge in [-0.05, 0) is 66.4 Å². The lowest BCUT2D eigenvalue weighted by Crippen LogP contribution is -2.41. The molecule has 7 nitrogen and oxygen atoms in total. The van der Waals surface area contributed by atoms with Crippen LogP contribution in [0.2, 0.25) is 0 Å². The zero-order chi connectivity index (χ0) is 22.7. The number of alkyl carbamates (subject to hydrolysis) is 1. The van der Waals surface area contributed by atoms with Crippen molar-refractivity contribution in [3.63, 3.8) is 0 Å². The van der Waals surface area contributed by atoms with Crippen molar-refractivity contribution in [3.05, 3.63) is 29.8 Å². The zero-order valence-electron chi connectivity index (χ0n) is 19.5. The molecule has 1 fully saturated rings. The van der Waals surface area contributed by atoms with Gasteiger partial charge in [-0.25, -0.2) is 4.79 Å². The summed E-state index contributed by atoms with van der Waals surface area (Å²) in [6.45, 7) is 16.2. The van der Waals surface area contributed by atoms with Crippen LogP contribution in [0.4, 0.5) is 4.79 Å². The molecule has 0 aliphatic carbocycles. The highest BCUT2D eigenvalue weighted by atomic mass is 16.7. The van der Waals surface area contributed by atoms with Gasteiger partial charge in [-0.1, -0.05) is 24.3 Å². The van der Waals surface area contributed by atoms with E-state index in [0.717, 1.165) is 11.0 Å². The van der Waals surface area contributed by atoms with Crippen LogP contribution in [0.5, 0.6) is 0 Å². The Hall–Kier alpha value is -2.06. The number of likely N-dealkylation sites (N-methyl/N-ethyl adjacent to an activating group) is 1. The summed E-state index contributed by atoms with van der Waals surface area (Å²) in [5.41, 5.74) is 0.459. The second kappa shape index (κ2) is 8.98. The Morgan fingerprint density at radius 2 is 1.73 bits per heavy atom. The van der Waals surface area contributed by atoms with E-state index in [4.69, 9.17) is 14.0 Å². The Morgan fingerprint density at radius 1 is 1.13 bits per heavy atom. The smallest absolute Gasteiger partial charge is 0.444 e. The molecule has 1 saturated heterocycles. The Balaban J connectivity index is 2.00. The fourth-order valence-electron chi connectivity index (χ4n) is 2.99. The Labute approximate surface area is 180 Å². The Kier molecular flexibility index (Phi) is 7.25. The van der Waals surface area contributed by atoms with Gasteiger partial charge in [0, 0.05) is 13.1 Å². The van der Waals surface area contributed by atoms with Crippen LogP contribution in [0.15, 0.2) is 24.3 Å². The van der Waals surface area contributed by atoms with Gasteiger partial charge >= 0.3 is 13.2 Å². The van der Waals surface area contributed by atoms with E-state index in [1.807, 2.05) is 58.9 Å². The van der Waals surface area contributed by atoms with Gasteiger partial charge in [0.15, 0.2) is 0 Å². The summed E-state index contributed by atoms with van der Waals surface area (Å²) in [5, 5.41) is 2.52. The highest BCUT2D eigenvalue weighted by molar-refractivity contribution is 6.62. The molecule has 0 aromatic heterocycles. The number of nitrogens with one attached hydrogen (secondary N) is 1. The van der Waals surface area contributed by atoms with Crippen molar-refractivity contribution >= 4 is 24.6 Å². The maximum absolute atomic E-state index is 12.6. The first-order valence-corrected chi connectivity index (χ1v) is 10.4. The number of hydrogen-bond donors (Lipinski definition) is 1. The molecule has 1 aromatic carbocycles. The van der Waals surface area contributed by atoms with Crippen LogP contribution in [0.25, 0.3) is 0 Å². The van der Waals surface area contributed by atoms with Crippen molar-refractivity contribution < 1.29 is 23.6 Å². The lowest BCUT2D eigenvalue weighted by atomic mass is 9.78. The van der Waals surface area contributed by atoms with Gasteiger partial charge in [0.25, 0.3) is 0 Å². The van der Waals surface area contributed by atoms with E-state index in [1.54, 1.807) is 25.7 Å².